The van der Waals surface area contributed by atoms with E-state index in [9.17, 15) is 13.2 Å². The number of likely N-dealkylation sites (tertiary alicyclic amines) is 1. The number of hydrogen-bond acceptors (Lipinski definition) is 4. The van der Waals surface area contributed by atoms with Gasteiger partial charge in [0.2, 0.25) is 0 Å². The summed E-state index contributed by atoms with van der Waals surface area (Å²) in [6.45, 7) is 1.36. The van der Waals surface area contributed by atoms with Crippen molar-refractivity contribution in [2.45, 2.75) is 17.7 Å². The van der Waals surface area contributed by atoms with E-state index in [1.807, 2.05) is 0 Å². The van der Waals surface area contributed by atoms with Gasteiger partial charge < -0.3 is 14.1 Å². The Morgan fingerprint density at radius 1 is 1.12 bits per heavy atom. The molecule has 0 aliphatic carbocycles. The average molecular weight is 389 g/mol. The standard InChI is InChI=1S/C15H14Cl2N2O4S/c16-12-4-3-10(7-13(12)17)23-24(21,22)11-8-14(18-9-11)15(20)19-5-1-2-6-19/h3-4,7-9,18H,1-2,5-6H2. The van der Waals surface area contributed by atoms with Gasteiger partial charge in [-0.25, -0.2) is 0 Å². The maximum Gasteiger partial charge on any atom is 0.340 e. The molecule has 2 heterocycles. The summed E-state index contributed by atoms with van der Waals surface area (Å²) >= 11 is 11.6. The van der Waals surface area contributed by atoms with Crippen molar-refractivity contribution in [2.24, 2.45) is 0 Å². The van der Waals surface area contributed by atoms with E-state index in [4.69, 9.17) is 27.4 Å². The Balaban J connectivity index is 1.79. The Kier molecular flexibility index (Phi) is 4.76. The molecule has 0 saturated carbocycles. The van der Waals surface area contributed by atoms with Crippen LogP contribution in [0.1, 0.15) is 23.3 Å². The zero-order chi connectivity index (χ0) is 17.3. The lowest BCUT2D eigenvalue weighted by Gasteiger charge is -2.13. The van der Waals surface area contributed by atoms with Crippen LogP contribution in [-0.4, -0.2) is 37.3 Å². The van der Waals surface area contributed by atoms with Gasteiger partial charge in [-0.2, -0.15) is 8.42 Å². The molecule has 6 nitrogen and oxygen atoms in total. The maximum absolute atomic E-state index is 12.3. The lowest BCUT2D eigenvalue weighted by molar-refractivity contribution is 0.0787. The van der Waals surface area contributed by atoms with Crippen LogP contribution < -0.4 is 4.18 Å². The Bertz CT molecular complexity index is 873. The van der Waals surface area contributed by atoms with Crippen LogP contribution in [0.25, 0.3) is 0 Å². The molecule has 1 amide bonds. The molecule has 1 aliphatic heterocycles. The van der Waals surface area contributed by atoms with Crippen LogP contribution in [0.5, 0.6) is 5.75 Å². The molecular weight excluding hydrogens is 375 g/mol. The molecule has 128 valence electrons. The summed E-state index contributed by atoms with van der Waals surface area (Å²) in [5.41, 5.74) is 0.216. The smallest absolute Gasteiger partial charge is 0.340 e. The van der Waals surface area contributed by atoms with Gasteiger partial charge in [-0.3, -0.25) is 4.79 Å². The molecule has 1 aromatic heterocycles. The number of rotatable bonds is 4. The van der Waals surface area contributed by atoms with Crippen LogP contribution in [0.3, 0.4) is 0 Å². The molecule has 1 saturated heterocycles. The van der Waals surface area contributed by atoms with E-state index in [1.165, 1.54) is 30.5 Å². The number of nitrogens with zero attached hydrogens (tertiary/aromatic N) is 1. The van der Waals surface area contributed by atoms with Gasteiger partial charge in [0.15, 0.2) is 0 Å². The minimum atomic E-state index is -4.08. The summed E-state index contributed by atoms with van der Waals surface area (Å²) in [5, 5.41) is 0.477. The SMILES string of the molecule is O=C(c1cc(S(=O)(=O)Oc2ccc(Cl)c(Cl)c2)c[nH]1)N1CCCC1. The molecule has 1 aliphatic rings. The summed E-state index contributed by atoms with van der Waals surface area (Å²) in [6, 6.07) is 5.42. The molecule has 24 heavy (non-hydrogen) atoms. The van der Waals surface area contributed by atoms with Crippen molar-refractivity contribution >= 4 is 39.2 Å². The fraction of sp³-hybridized carbons (Fsp3) is 0.267. The highest BCUT2D eigenvalue weighted by Crippen LogP contribution is 2.28. The molecule has 1 N–H and O–H groups in total. The van der Waals surface area contributed by atoms with Gasteiger partial charge in [-0.15, -0.1) is 0 Å². The quantitative estimate of drug-likeness (QED) is 0.814. The Morgan fingerprint density at radius 3 is 2.50 bits per heavy atom. The number of carbonyl (C=O) groups is 1. The van der Waals surface area contributed by atoms with Crippen LogP contribution in [0, 0.1) is 0 Å². The molecule has 9 heteroatoms. The van der Waals surface area contributed by atoms with E-state index in [2.05, 4.69) is 4.98 Å². The topological polar surface area (TPSA) is 79.5 Å². The van der Waals surface area contributed by atoms with Crippen molar-refractivity contribution in [1.82, 2.24) is 9.88 Å². The lowest BCUT2D eigenvalue weighted by Crippen LogP contribution is -2.27. The number of carbonyl (C=O) groups excluding carboxylic acids is 1. The second kappa shape index (κ2) is 6.66. The molecule has 1 aromatic carbocycles. The van der Waals surface area contributed by atoms with Crippen LogP contribution in [0.2, 0.25) is 10.0 Å². The maximum atomic E-state index is 12.3. The highest BCUT2D eigenvalue weighted by Gasteiger charge is 2.24. The van der Waals surface area contributed by atoms with Gasteiger partial charge >= 0.3 is 10.1 Å². The van der Waals surface area contributed by atoms with Gasteiger partial charge in [-0.1, -0.05) is 23.2 Å². The van der Waals surface area contributed by atoms with Crippen molar-refractivity contribution in [1.29, 1.82) is 0 Å². The summed E-state index contributed by atoms with van der Waals surface area (Å²) in [4.78, 5) is 16.5. The number of aromatic amines is 1. The summed E-state index contributed by atoms with van der Waals surface area (Å²) in [7, 11) is -4.08. The minimum Gasteiger partial charge on any atom is -0.379 e. The third-order valence-corrected chi connectivity index (χ3v) is 5.63. The summed E-state index contributed by atoms with van der Waals surface area (Å²) < 4.78 is 29.7. The average Bonchev–Trinajstić information content (AvgIpc) is 3.21. The second-order valence-electron chi connectivity index (χ2n) is 5.36. The van der Waals surface area contributed by atoms with Crippen molar-refractivity contribution in [2.75, 3.05) is 13.1 Å². The van der Waals surface area contributed by atoms with E-state index >= 15 is 0 Å². The number of halogens is 2. The van der Waals surface area contributed by atoms with Gasteiger partial charge in [-0.05, 0) is 31.0 Å². The highest BCUT2D eigenvalue weighted by molar-refractivity contribution is 7.87. The van der Waals surface area contributed by atoms with E-state index in [0.29, 0.717) is 18.1 Å². The summed E-state index contributed by atoms with van der Waals surface area (Å²) in [5.74, 6) is -0.179. The highest BCUT2D eigenvalue weighted by atomic mass is 35.5. The third-order valence-electron chi connectivity index (χ3n) is 3.67. The predicted molar refractivity (Wildman–Crippen MR) is 90.2 cm³/mol. The van der Waals surface area contributed by atoms with Gasteiger partial charge in [0, 0.05) is 25.4 Å². The number of nitrogens with one attached hydrogen (secondary N) is 1. The van der Waals surface area contributed by atoms with Crippen molar-refractivity contribution in [3.8, 4) is 5.75 Å². The van der Waals surface area contributed by atoms with Crippen molar-refractivity contribution in [3.05, 3.63) is 46.2 Å². The Morgan fingerprint density at radius 2 is 1.83 bits per heavy atom. The molecule has 3 rings (SSSR count). The number of hydrogen-bond donors (Lipinski definition) is 1. The Hall–Kier alpha value is -1.70. The van der Waals surface area contributed by atoms with Crippen LogP contribution in [0.15, 0.2) is 35.4 Å². The van der Waals surface area contributed by atoms with Crippen LogP contribution >= 0.6 is 23.2 Å². The van der Waals surface area contributed by atoms with E-state index in [1.54, 1.807) is 4.90 Å². The predicted octanol–water partition coefficient (Wildman–Crippen LogP) is 3.33. The zero-order valence-corrected chi connectivity index (χ0v) is 14.8. The first-order valence-corrected chi connectivity index (χ1v) is 9.40. The number of aromatic nitrogens is 1. The largest absolute Gasteiger partial charge is 0.379 e. The first-order chi connectivity index (χ1) is 11.4. The van der Waals surface area contributed by atoms with Gasteiger partial charge in [0.25, 0.3) is 5.91 Å². The monoisotopic (exact) mass is 388 g/mol. The third kappa shape index (κ3) is 3.53. The van der Waals surface area contributed by atoms with E-state index in [-0.39, 0.29) is 27.3 Å². The van der Waals surface area contributed by atoms with Gasteiger partial charge in [0.1, 0.15) is 16.3 Å². The molecule has 0 bridgehead atoms. The minimum absolute atomic E-state index is 0.0398. The lowest BCUT2D eigenvalue weighted by atomic mass is 10.3. The molecule has 0 atom stereocenters. The molecule has 2 aromatic rings. The summed E-state index contributed by atoms with van der Waals surface area (Å²) in [6.07, 6.45) is 3.15. The van der Waals surface area contributed by atoms with E-state index < -0.39 is 10.1 Å². The molecule has 0 radical (unpaired) electrons. The fourth-order valence-electron chi connectivity index (χ4n) is 2.44. The number of H-pyrrole nitrogens is 1. The van der Waals surface area contributed by atoms with Crippen molar-refractivity contribution < 1.29 is 17.4 Å². The van der Waals surface area contributed by atoms with Crippen LogP contribution in [-0.2, 0) is 10.1 Å². The molecule has 0 unspecified atom stereocenters. The first-order valence-electron chi connectivity index (χ1n) is 7.24. The Labute approximate surface area is 149 Å². The van der Waals surface area contributed by atoms with Crippen LogP contribution in [0.4, 0.5) is 0 Å². The van der Waals surface area contributed by atoms with Crippen molar-refractivity contribution in [3.63, 3.8) is 0 Å². The second-order valence-corrected chi connectivity index (χ2v) is 7.72. The number of amides is 1. The molecule has 0 spiro atoms. The first kappa shape index (κ1) is 17.1. The number of benzene rings is 1. The fourth-order valence-corrected chi connectivity index (χ4v) is 3.64. The normalized spacial score (nSPS) is 14.8. The zero-order valence-electron chi connectivity index (χ0n) is 12.5. The van der Waals surface area contributed by atoms with E-state index in [0.717, 1.165) is 12.8 Å². The van der Waals surface area contributed by atoms with Gasteiger partial charge in [0.05, 0.1) is 10.0 Å². The molecular formula is C15H14Cl2N2O4S. The molecule has 1 fully saturated rings.